The van der Waals surface area contributed by atoms with Crippen LogP contribution in [0.15, 0.2) is 23.8 Å². The molecule has 3 aliphatic carbocycles. The van der Waals surface area contributed by atoms with E-state index in [4.69, 9.17) is 4.74 Å². The molecule has 1 amide bonds. The Morgan fingerprint density at radius 1 is 1.35 bits per heavy atom. The molecule has 0 radical (unpaired) electrons. The highest BCUT2D eigenvalue weighted by Crippen LogP contribution is 2.52. The number of hydrogen-bond donors (Lipinski definition) is 1. The van der Waals surface area contributed by atoms with E-state index in [1.165, 1.54) is 0 Å². The maximum absolute atomic E-state index is 12.4. The van der Waals surface area contributed by atoms with E-state index in [1.807, 2.05) is 20.8 Å². The highest BCUT2D eigenvalue weighted by molar-refractivity contribution is 6.01. The molecule has 0 aromatic heterocycles. The van der Waals surface area contributed by atoms with Gasteiger partial charge in [-0.3, -0.25) is 4.79 Å². The molecule has 1 saturated carbocycles. The van der Waals surface area contributed by atoms with Crippen molar-refractivity contribution in [3.63, 3.8) is 0 Å². The van der Waals surface area contributed by atoms with Crippen molar-refractivity contribution in [3.05, 3.63) is 23.8 Å². The largest absolute Gasteiger partial charge is 0.444 e. The van der Waals surface area contributed by atoms with Gasteiger partial charge in [0.05, 0.1) is 0 Å². The predicted octanol–water partition coefficient (Wildman–Crippen LogP) is 2.46. The zero-order chi connectivity index (χ0) is 14.5. The minimum Gasteiger partial charge on any atom is -0.444 e. The van der Waals surface area contributed by atoms with Crippen molar-refractivity contribution in [2.24, 2.45) is 23.7 Å². The first kappa shape index (κ1) is 13.4. The van der Waals surface area contributed by atoms with Crippen LogP contribution in [0.25, 0.3) is 0 Å². The van der Waals surface area contributed by atoms with Crippen molar-refractivity contribution in [3.8, 4) is 0 Å². The predicted molar refractivity (Wildman–Crippen MR) is 75.0 cm³/mol. The third-order valence-electron chi connectivity index (χ3n) is 4.36. The van der Waals surface area contributed by atoms with Crippen LogP contribution in [-0.4, -0.2) is 24.0 Å². The Morgan fingerprint density at radius 3 is 2.70 bits per heavy atom. The lowest BCUT2D eigenvalue weighted by molar-refractivity contribution is -0.119. The average molecular weight is 275 g/mol. The number of ether oxygens (including phenoxy) is 1. The first-order valence-corrected chi connectivity index (χ1v) is 7.25. The molecule has 20 heavy (non-hydrogen) atoms. The summed E-state index contributed by atoms with van der Waals surface area (Å²) >= 11 is 0. The number of nitrogens with one attached hydrogen (secondary N) is 1. The number of fused-ring (bicyclic) bond motifs is 5. The van der Waals surface area contributed by atoms with Crippen LogP contribution < -0.4 is 5.32 Å². The summed E-state index contributed by atoms with van der Waals surface area (Å²) < 4.78 is 5.18. The van der Waals surface area contributed by atoms with E-state index in [0.717, 1.165) is 12.0 Å². The van der Waals surface area contributed by atoms with E-state index >= 15 is 0 Å². The average Bonchev–Trinajstić information content (AvgIpc) is 2.97. The van der Waals surface area contributed by atoms with Crippen LogP contribution >= 0.6 is 0 Å². The summed E-state index contributed by atoms with van der Waals surface area (Å²) in [5, 5.41) is 2.68. The number of Topliss-reactive ketones (excluding diaryl/α,β-unsaturated/α-hetero) is 1. The van der Waals surface area contributed by atoms with Gasteiger partial charge in [0.15, 0.2) is 5.78 Å². The first-order valence-electron chi connectivity index (χ1n) is 7.25. The molecule has 3 aliphatic rings. The molecule has 4 heteroatoms. The SMILES string of the molecule is CC(C)(C)OC(=O)NCC1=CC2C(C1=O)[C@H]1C=C[C@@H]2C1. The summed E-state index contributed by atoms with van der Waals surface area (Å²) in [5.41, 5.74) is 0.224. The molecule has 0 aromatic carbocycles. The smallest absolute Gasteiger partial charge is 0.407 e. The van der Waals surface area contributed by atoms with E-state index in [0.29, 0.717) is 17.8 Å². The molecule has 2 bridgehead atoms. The molecule has 0 saturated heterocycles. The van der Waals surface area contributed by atoms with Gasteiger partial charge in [0.1, 0.15) is 5.60 Å². The molecule has 0 aromatic rings. The van der Waals surface area contributed by atoms with Gasteiger partial charge < -0.3 is 10.1 Å². The van der Waals surface area contributed by atoms with E-state index in [1.54, 1.807) is 0 Å². The fourth-order valence-electron chi connectivity index (χ4n) is 3.61. The van der Waals surface area contributed by atoms with Crippen LogP contribution in [0.2, 0.25) is 0 Å². The Kier molecular flexibility index (Phi) is 3.00. The molecule has 0 spiro atoms. The highest BCUT2D eigenvalue weighted by atomic mass is 16.6. The van der Waals surface area contributed by atoms with Gasteiger partial charge >= 0.3 is 6.09 Å². The van der Waals surface area contributed by atoms with Crippen LogP contribution in [0, 0.1) is 23.7 Å². The van der Waals surface area contributed by atoms with Crippen LogP contribution in [0.3, 0.4) is 0 Å². The minimum absolute atomic E-state index is 0.125. The molecule has 108 valence electrons. The van der Waals surface area contributed by atoms with Crippen molar-refractivity contribution in [2.45, 2.75) is 32.8 Å². The Bertz CT molecular complexity index is 512. The van der Waals surface area contributed by atoms with E-state index in [2.05, 4.69) is 23.5 Å². The molecule has 3 rings (SSSR count). The Labute approximate surface area is 119 Å². The lowest BCUT2D eigenvalue weighted by Gasteiger charge is -2.20. The van der Waals surface area contributed by atoms with E-state index in [9.17, 15) is 9.59 Å². The van der Waals surface area contributed by atoms with E-state index < -0.39 is 11.7 Å². The maximum Gasteiger partial charge on any atom is 0.407 e. The molecule has 4 atom stereocenters. The van der Waals surface area contributed by atoms with Crippen molar-refractivity contribution in [1.82, 2.24) is 5.32 Å². The Hall–Kier alpha value is -1.58. The van der Waals surface area contributed by atoms with Gasteiger partial charge in [0.25, 0.3) is 0 Å². The summed E-state index contributed by atoms with van der Waals surface area (Å²) in [6.07, 6.45) is 7.13. The van der Waals surface area contributed by atoms with Gasteiger partial charge in [-0.1, -0.05) is 18.2 Å². The normalized spacial score (nSPS) is 34.1. The molecule has 2 unspecified atom stereocenters. The van der Waals surface area contributed by atoms with Crippen LogP contribution in [-0.2, 0) is 9.53 Å². The van der Waals surface area contributed by atoms with E-state index in [-0.39, 0.29) is 18.2 Å². The zero-order valence-electron chi connectivity index (χ0n) is 12.2. The maximum atomic E-state index is 12.4. The van der Waals surface area contributed by atoms with Crippen molar-refractivity contribution >= 4 is 11.9 Å². The second kappa shape index (κ2) is 4.47. The third-order valence-corrected chi connectivity index (χ3v) is 4.36. The standard InChI is InChI=1S/C16H21NO3/c1-16(2,3)20-15(19)17-8-11-7-12-9-4-5-10(6-9)13(12)14(11)18/h4-5,7,9-10,12-13H,6,8H2,1-3H3,(H,17,19)/t9-,10+,12?,13?/m1/s1. The van der Waals surface area contributed by atoms with Gasteiger partial charge in [-0.15, -0.1) is 0 Å². The summed E-state index contributed by atoms with van der Waals surface area (Å²) in [4.78, 5) is 24.0. The number of hydrogen-bond acceptors (Lipinski definition) is 3. The fraction of sp³-hybridized carbons (Fsp3) is 0.625. The Balaban J connectivity index is 1.59. The summed E-state index contributed by atoms with van der Waals surface area (Å²) in [6, 6.07) is 0. The van der Waals surface area contributed by atoms with Crippen LogP contribution in [0.4, 0.5) is 4.79 Å². The van der Waals surface area contributed by atoms with Crippen molar-refractivity contribution < 1.29 is 14.3 Å². The molecule has 4 nitrogen and oxygen atoms in total. The van der Waals surface area contributed by atoms with Gasteiger partial charge in [0.2, 0.25) is 0 Å². The third kappa shape index (κ3) is 2.28. The topological polar surface area (TPSA) is 55.4 Å². The lowest BCUT2D eigenvalue weighted by atomic mass is 9.85. The molecule has 0 heterocycles. The van der Waals surface area contributed by atoms with Crippen LogP contribution in [0.1, 0.15) is 27.2 Å². The summed E-state index contributed by atoms with van der Waals surface area (Å²) in [7, 11) is 0. The molecule has 1 fully saturated rings. The minimum atomic E-state index is -0.516. The first-order chi connectivity index (χ1) is 9.35. The van der Waals surface area contributed by atoms with Gasteiger partial charge in [0, 0.05) is 18.0 Å². The van der Waals surface area contributed by atoms with Gasteiger partial charge in [-0.05, 0) is 44.9 Å². The number of amides is 1. The van der Waals surface area contributed by atoms with Crippen molar-refractivity contribution in [2.75, 3.05) is 6.54 Å². The number of ketones is 1. The second-order valence-electron chi connectivity index (χ2n) is 6.96. The summed E-state index contributed by atoms with van der Waals surface area (Å²) in [6.45, 7) is 5.74. The number of rotatable bonds is 2. The van der Waals surface area contributed by atoms with Gasteiger partial charge in [-0.25, -0.2) is 4.79 Å². The molecule has 0 aliphatic heterocycles. The Morgan fingerprint density at radius 2 is 2.05 bits per heavy atom. The van der Waals surface area contributed by atoms with Crippen LogP contribution in [0.5, 0.6) is 0 Å². The molecular weight excluding hydrogens is 254 g/mol. The quantitative estimate of drug-likeness (QED) is 0.788. The van der Waals surface area contributed by atoms with Crippen molar-refractivity contribution in [1.29, 1.82) is 0 Å². The lowest BCUT2D eigenvalue weighted by Crippen LogP contribution is -2.34. The zero-order valence-corrected chi connectivity index (χ0v) is 12.2. The number of allylic oxidation sites excluding steroid dienone is 3. The number of carbonyl (C=O) groups is 2. The highest BCUT2D eigenvalue weighted by Gasteiger charge is 2.50. The second-order valence-corrected chi connectivity index (χ2v) is 6.96. The summed E-state index contributed by atoms with van der Waals surface area (Å²) in [5.74, 6) is 1.62. The molecule has 1 N–H and O–H groups in total. The van der Waals surface area contributed by atoms with Gasteiger partial charge in [-0.2, -0.15) is 0 Å². The number of carbonyl (C=O) groups excluding carboxylic acids is 2. The molecular formula is C16H21NO3. The fourth-order valence-corrected chi connectivity index (χ4v) is 3.61. The monoisotopic (exact) mass is 275 g/mol. The number of alkyl carbamates (subject to hydrolysis) is 1.